The van der Waals surface area contributed by atoms with Crippen LogP contribution in [-0.4, -0.2) is 51.9 Å². The predicted octanol–water partition coefficient (Wildman–Crippen LogP) is 4.02. The molecule has 198 valence electrons. The first-order valence-corrected chi connectivity index (χ1v) is 12.8. The number of nitrogens with zero attached hydrogens (tertiary/aromatic N) is 4. The van der Waals surface area contributed by atoms with E-state index in [1.165, 1.54) is 27.9 Å². The van der Waals surface area contributed by atoms with Gasteiger partial charge in [-0.3, -0.25) is 14.5 Å². The molecule has 3 aliphatic rings. The van der Waals surface area contributed by atoms with Crippen molar-refractivity contribution in [2.24, 2.45) is 5.92 Å². The average molecular weight is 535 g/mol. The SMILES string of the molecule is O=C(ON1C(=O)c2ccccc2C1=O)C1CN(C(=O)OCC2c3ccccc3-c3ccccc32)c2ccnn2C1. The minimum absolute atomic E-state index is 0.0651. The monoisotopic (exact) mass is 534 g/mol. The van der Waals surface area contributed by atoms with E-state index in [4.69, 9.17) is 9.57 Å². The molecule has 1 aromatic heterocycles. The first-order valence-electron chi connectivity index (χ1n) is 12.8. The van der Waals surface area contributed by atoms with Crippen molar-refractivity contribution in [3.63, 3.8) is 0 Å². The summed E-state index contributed by atoms with van der Waals surface area (Å²) in [6.45, 7) is 0.156. The lowest BCUT2D eigenvalue weighted by atomic mass is 9.98. The molecule has 1 unspecified atom stereocenters. The Morgan fingerprint density at radius 3 is 1.98 bits per heavy atom. The molecular weight excluding hydrogens is 512 g/mol. The minimum Gasteiger partial charge on any atom is -0.448 e. The summed E-state index contributed by atoms with van der Waals surface area (Å²) in [5.74, 6) is -2.79. The highest BCUT2D eigenvalue weighted by Gasteiger charge is 2.42. The van der Waals surface area contributed by atoms with Crippen LogP contribution in [0.15, 0.2) is 85.1 Å². The molecule has 1 atom stereocenters. The second kappa shape index (κ2) is 9.19. The molecule has 1 aliphatic carbocycles. The normalized spacial score (nSPS) is 17.2. The number of carbonyl (C=O) groups is 4. The zero-order valence-electron chi connectivity index (χ0n) is 21.1. The Kier molecular flexibility index (Phi) is 5.48. The number of benzene rings is 3. The molecule has 0 bridgehead atoms. The number of carbonyl (C=O) groups excluding carboxylic acids is 4. The Morgan fingerprint density at radius 2 is 1.35 bits per heavy atom. The number of fused-ring (bicyclic) bond motifs is 5. The van der Waals surface area contributed by atoms with Crippen molar-refractivity contribution in [2.75, 3.05) is 18.1 Å². The molecule has 0 N–H and O–H groups in total. The maximum absolute atomic E-state index is 13.4. The standard InChI is InChI=1S/C30H22N4O6/c35-27-23-11-5-6-12-24(23)28(36)34(27)40-29(37)18-15-32(26-13-14-31-33(26)16-18)30(38)39-17-25-21-9-3-1-7-19(21)20-8-2-4-10-22(20)25/h1-14,18,25H,15-17H2. The van der Waals surface area contributed by atoms with E-state index in [0.717, 1.165) is 22.3 Å². The van der Waals surface area contributed by atoms with Crippen LogP contribution >= 0.6 is 0 Å². The highest BCUT2D eigenvalue weighted by atomic mass is 16.7. The predicted molar refractivity (Wildman–Crippen MR) is 141 cm³/mol. The van der Waals surface area contributed by atoms with E-state index in [1.54, 1.807) is 18.2 Å². The van der Waals surface area contributed by atoms with Gasteiger partial charge >= 0.3 is 12.1 Å². The molecule has 0 saturated carbocycles. The Bertz CT molecular complexity index is 1630. The van der Waals surface area contributed by atoms with Gasteiger partial charge in [-0.2, -0.15) is 5.10 Å². The van der Waals surface area contributed by atoms with Crippen LogP contribution in [-0.2, 0) is 20.9 Å². The van der Waals surface area contributed by atoms with Crippen molar-refractivity contribution in [1.29, 1.82) is 0 Å². The molecule has 40 heavy (non-hydrogen) atoms. The van der Waals surface area contributed by atoms with Crippen molar-refractivity contribution in [3.05, 3.63) is 107 Å². The van der Waals surface area contributed by atoms with E-state index < -0.39 is 29.8 Å². The largest absolute Gasteiger partial charge is 0.448 e. The smallest absolute Gasteiger partial charge is 0.415 e. The number of hydrogen-bond donors (Lipinski definition) is 0. The number of hydroxylamine groups is 2. The van der Waals surface area contributed by atoms with Gasteiger partial charge in [0.1, 0.15) is 12.4 Å². The third kappa shape index (κ3) is 3.68. The van der Waals surface area contributed by atoms with Crippen molar-refractivity contribution >= 4 is 29.7 Å². The van der Waals surface area contributed by atoms with E-state index in [2.05, 4.69) is 17.2 Å². The zero-order chi connectivity index (χ0) is 27.4. The minimum atomic E-state index is -0.891. The lowest BCUT2D eigenvalue weighted by molar-refractivity contribution is -0.174. The fraction of sp³-hybridized carbons (Fsp3) is 0.167. The van der Waals surface area contributed by atoms with Crippen LogP contribution in [0.1, 0.15) is 37.8 Å². The van der Waals surface area contributed by atoms with Gasteiger partial charge in [0.2, 0.25) is 0 Å². The molecule has 0 saturated heterocycles. The molecule has 10 heteroatoms. The fourth-order valence-electron chi connectivity index (χ4n) is 5.68. The van der Waals surface area contributed by atoms with Gasteiger partial charge < -0.3 is 9.57 Å². The average Bonchev–Trinajstić information content (AvgIpc) is 3.66. The van der Waals surface area contributed by atoms with Crippen LogP contribution in [0.2, 0.25) is 0 Å². The summed E-state index contributed by atoms with van der Waals surface area (Å²) in [4.78, 5) is 58.5. The summed E-state index contributed by atoms with van der Waals surface area (Å²) in [7, 11) is 0. The van der Waals surface area contributed by atoms with E-state index >= 15 is 0 Å². The highest BCUT2D eigenvalue weighted by Crippen LogP contribution is 2.44. The Hall–Kier alpha value is -5.25. The second-order valence-electron chi connectivity index (χ2n) is 9.84. The molecule has 3 heterocycles. The second-order valence-corrected chi connectivity index (χ2v) is 9.84. The van der Waals surface area contributed by atoms with Gasteiger partial charge in [0.15, 0.2) is 0 Å². The van der Waals surface area contributed by atoms with Crippen LogP contribution in [0.4, 0.5) is 10.6 Å². The first-order chi connectivity index (χ1) is 19.5. The van der Waals surface area contributed by atoms with Crippen LogP contribution in [0.25, 0.3) is 11.1 Å². The van der Waals surface area contributed by atoms with Crippen molar-refractivity contribution < 1.29 is 28.8 Å². The third-order valence-electron chi connectivity index (χ3n) is 7.59. The van der Waals surface area contributed by atoms with Gasteiger partial charge in [-0.1, -0.05) is 65.7 Å². The maximum Gasteiger partial charge on any atom is 0.415 e. The fourth-order valence-corrected chi connectivity index (χ4v) is 5.68. The van der Waals surface area contributed by atoms with Gasteiger partial charge in [0.25, 0.3) is 11.8 Å². The van der Waals surface area contributed by atoms with Crippen LogP contribution in [0, 0.1) is 5.92 Å². The molecule has 4 aromatic rings. The van der Waals surface area contributed by atoms with Crippen LogP contribution < -0.4 is 4.90 Å². The number of imide groups is 1. The van der Waals surface area contributed by atoms with Crippen LogP contribution in [0.3, 0.4) is 0 Å². The Balaban J connectivity index is 1.08. The van der Waals surface area contributed by atoms with Gasteiger partial charge in [-0.15, -0.1) is 0 Å². The van der Waals surface area contributed by atoms with E-state index in [1.807, 2.05) is 36.4 Å². The van der Waals surface area contributed by atoms with Crippen molar-refractivity contribution in [1.82, 2.24) is 14.8 Å². The molecule has 0 radical (unpaired) electrons. The zero-order valence-corrected chi connectivity index (χ0v) is 21.1. The summed E-state index contributed by atoms with van der Waals surface area (Å²) in [5.41, 5.74) is 4.74. The summed E-state index contributed by atoms with van der Waals surface area (Å²) in [5, 5.41) is 4.70. The summed E-state index contributed by atoms with van der Waals surface area (Å²) < 4.78 is 7.32. The Morgan fingerprint density at radius 1 is 0.775 bits per heavy atom. The van der Waals surface area contributed by atoms with Crippen molar-refractivity contribution in [2.45, 2.75) is 12.5 Å². The van der Waals surface area contributed by atoms with E-state index in [0.29, 0.717) is 10.9 Å². The number of aromatic nitrogens is 2. The number of rotatable bonds is 4. The Labute approximate surface area is 228 Å². The lowest BCUT2D eigenvalue weighted by Gasteiger charge is -2.32. The molecule has 10 nitrogen and oxygen atoms in total. The number of anilines is 1. The summed E-state index contributed by atoms with van der Waals surface area (Å²) in [6, 6.07) is 24.0. The van der Waals surface area contributed by atoms with E-state index in [-0.39, 0.29) is 36.7 Å². The maximum atomic E-state index is 13.4. The molecule has 2 aliphatic heterocycles. The van der Waals surface area contributed by atoms with Gasteiger partial charge in [0, 0.05) is 18.5 Å². The molecular formula is C30H22N4O6. The third-order valence-corrected chi connectivity index (χ3v) is 7.59. The van der Waals surface area contributed by atoms with Gasteiger partial charge in [0.05, 0.1) is 29.8 Å². The summed E-state index contributed by atoms with van der Waals surface area (Å²) >= 11 is 0. The number of ether oxygens (including phenoxy) is 1. The topological polar surface area (TPSA) is 111 Å². The molecule has 0 spiro atoms. The van der Waals surface area contributed by atoms with E-state index in [9.17, 15) is 19.2 Å². The van der Waals surface area contributed by atoms with Gasteiger partial charge in [-0.25, -0.2) is 14.3 Å². The number of hydrogen-bond acceptors (Lipinski definition) is 7. The first kappa shape index (κ1) is 23.8. The van der Waals surface area contributed by atoms with Gasteiger partial charge in [-0.05, 0) is 34.4 Å². The lowest BCUT2D eigenvalue weighted by Crippen LogP contribution is -2.47. The summed E-state index contributed by atoms with van der Waals surface area (Å²) in [6.07, 6.45) is 0.888. The molecule has 0 fully saturated rings. The van der Waals surface area contributed by atoms with Crippen molar-refractivity contribution in [3.8, 4) is 11.1 Å². The quantitative estimate of drug-likeness (QED) is 0.364. The van der Waals surface area contributed by atoms with Crippen LogP contribution in [0.5, 0.6) is 0 Å². The molecule has 3 aromatic carbocycles. The number of amides is 3. The molecule has 7 rings (SSSR count). The molecule has 3 amide bonds. The highest BCUT2D eigenvalue weighted by molar-refractivity contribution is 6.20.